The summed E-state index contributed by atoms with van der Waals surface area (Å²) in [6.07, 6.45) is 0. The lowest BCUT2D eigenvalue weighted by molar-refractivity contribution is 0.296. The summed E-state index contributed by atoms with van der Waals surface area (Å²) in [5, 5.41) is 11.8. The van der Waals surface area contributed by atoms with Crippen molar-refractivity contribution in [2.24, 2.45) is 0 Å². The average Bonchev–Trinajstić information content (AvgIpc) is 3.29. The van der Waals surface area contributed by atoms with E-state index in [1.54, 1.807) is 12.1 Å². The molecular weight excluding hydrogens is 454 g/mol. The lowest BCUT2D eigenvalue weighted by Crippen LogP contribution is -2.10. The van der Waals surface area contributed by atoms with Gasteiger partial charge in [0.2, 0.25) is 5.16 Å². The van der Waals surface area contributed by atoms with E-state index in [1.165, 1.54) is 0 Å². The number of fused-ring (bicyclic) bond motifs is 1. The van der Waals surface area contributed by atoms with Crippen LogP contribution < -0.4 is 4.74 Å². The van der Waals surface area contributed by atoms with E-state index in [2.05, 4.69) is 10.2 Å². The molecule has 1 heterocycles. The molecule has 0 saturated heterocycles. The summed E-state index contributed by atoms with van der Waals surface area (Å²) in [5.41, 5.74) is 1.74. The van der Waals surface area contributed by atoms with Crippen molar-refractivity contribution in [2.75, 3.05) is 0 Å². The lowest BCUT2D eigenvalue weighted by atomic mass is 10.1. The van der Waals surface area contributed by atoms with Crippen LogP contribution in [0.1, 0.15) is 11.4 Å². The zero-order chi connectivity index (χ0) is 22.6. The van der Waals surface area contributed by atoms with Crippen LogP contribution in [0.3, 0.4) is 0 Å². The molecule has 0 amide bonds. The highest BCUT2D eigenvalue weighted by Crippen LogP contribution is 2.26. The fourth-order valence-corrected chi connectivity index (χ4v) is 4.93. The molecule has 0 fully saturated rings. The van der Waals surface area contributed by atoms with E-state index in [-0.39, 0.29) is 6.61 Å². The zero-order valence-corrected chi connectivity index (χ0v) is 19.2. The van der Waals surface area contributed by atoms with Crippen LogP contribution >= 0.6 is 11.6 Å². The Labute approximate surface area is 199 Å². The molecule has 0 aliphatic heterocycles. The molecule has 0 radical (unpaired) electrons. The Balaban J connectivity index is 1.47. The number of benzene rings is 4. The number of ether oxygens (including phenoxy) is 1. The second-order valence-electron chi connectivity index (χ2n) is 7.45. The normalized spacial score (nSPS) is 12.0. The van der Waals surface area contributed by atoms with E-state index < -0.39 is 10.8 Å². The fraction of sp³-hybridized carbons (Fsp3) is 0.0769. The highest BCUT2D eigenvalue weighted by Gasteiger charge is 2.20. The van der Waals surface area contributed by atoms with E-state index in [9.17, 15) is 4.21 Å². The molecule has 5 aromatic rings. The van der Waals surface area contributed by atoms with Gasteiger partial charge in [0.05, 0.1) is 16.6 Å². The third-order valence-electron chi connectivity index (χ3n) is 5.24. The number of halogens is 1. The van der Waals surface area contributed by atoms with Crippen molar-refractivity contribution < 1.29 is 8.95 Å². The van der Waals surface area contributed by atoms with Gasteiger partial charge in [-0.15, -0.1) is 10.2 Å². The predicted molar refractivity (Wildman–Crippen MR) is 131 cm³/mol. The highest BCUT2D eigenvalue weighted by molar-refractivity contribution is 7.84. The molecule has 164 valence electrons. The van der Waals surface area contributed by atoms with Crippen LogP contribution in [0.5, 0.6) is 5.75 Å². The molecule has 1 atom stereocenters. The van der Waals surface area contributed by atoms with Crippen molar-refractivity contribution in [3.05, 3.63) is 113 Å². The molecule has 0 bridgehead atoms. The van der Waals surface area contributed by atoms with Gasteiger partial charge in [-0.3, -0.25) is 8.78 Å². The van der Waals surface area contributed by atoms with E-state index in [0.717, 1.165) is 27.8 Å². The lowest BCUT2D eigenvalue weighted by Gasteiger charge is -2.12. The van der Waals surface area contributed by atoms with Gasteiger partial charge < -0.3 is 4.74 Å². The van der Waals surface area contributed by atoms with Crippen LogP contribution in [0.25, 0.3) is 16.5 Å². The quantitative estimate of drug-likeness (QED) is 0.292. The molecule has 5 rings (SSSR count). The van der Waals surface area contributed by atoms with Crippen molar-refractivity contribution >= 4 is 33.2 Å². The Morgan fingerprint density at radius 1 is 0.818 bits per heavy atom. The molecule has 4 aromatic carbocycles. The van der Waals surface area contributed by atoms with Crippen molar-refractivity contribution in [2.45, 2.75) is 17.5 Å². The molecular formula is C26H20ClN3O2S. The van der Waals surface area contributed by atoms with Gasteiger partial charge in [0.1, 0.15) is 12.4 Å². The highest BCUT2D eigenvalue weighted by atomic mass is 35.5. The number of hydrogen-bond acceptors (Lipinski definition) is 4. The molecule has 0 N–H and O–H groups in total. The first-order valence-electron chi connectivity index (χ1n) is 10.4. The minimum atomic E-state index is -1.41. The molecule has 0 aliphatic carbocycles. The molecule has 0 unspecified atom stereocenters. The summed E-state index contributed by atoms with van der Waals surface area (Å²) in [6, 6.07) is 31.0. The maximum absolute atomic E-state index is 13.3. The van der Waals surface area contributed by atoms with E-state index in [1.807, 2.05) is 89.5 Å². The van der Waals surface area contributed by atoms with Crippen LogP contribution in [0.2, 0.25) is 5.02 Å². The number of aromatic nitrogens is 3. The fourth-order valence-electron chi connectivity index (χ4n) is 3.64. The molecule has 0 saturated carbocycles. The van der Waals surface area contributed by atoms with Crippen molar-refractivity contribution in [3.8, 4) is 11.4 Å². The monoisotopic (exact) mass is 473 g/mol. The van der Waals surface area contributed by atoms with Gasteiger partial charge in [-0.05, 0) is 41.3 Å². The summed E-state index contributed by atoms with van der Waals surface area (Å²) in [5.74, 6) is 1.65. The van der Waals surface area contributed by atoms with Gasteiger partial charge in [-0.1, -0.05) is 78.3 Å². The Bertz CT molecular complexity index is 1410. The largest absolute Gasteiger partial charge is 0.485 e. The minimum absolute atomic E-state index is 0.189. The number of nitrogens with zero attached hydrogens (tertiary/aromatic N) is 3. The first-order chi connectivity index (χ1) is 16.2. The maximum Gasteiger partial charge on any atom is 0.226 e. The Morgan fingerprint density at radius 2 is 1.55 bits per heavy atom. The van der Waals surface area contributed by atoms with E-state index in [0.29, 0.717) is 21.8 Å². The standard InChI is InChI=1S/C26H20ClN3O2S/c27-21-15-13-19(14-16-21)18-33(31)26-29-28-25(30(26)22-9-2-1-3-10-22)17-32-24-12-6-8-20-7-4-5-11-23(20)24/h1-16H,17-18H2/t33-/m0/s1. The summed E-state index contributed by atoms with van der Waals surface area (Å²) < 4.78 is 21.2. The summed E-state index contributed by atoms with van der Waals surface area (Å²) in [7, 11) is -1.41. The van der Waals surface area contributed by atoms with Gasteiger partial charge in [0.25, 0.3) is 0 Å². The van der Waals surface area contributed by atoms with Gasteiger partial charge >= 0.3 is 0 Å². The molecule has 0 aliphatic rings. The molecule has 7 heteroatoms. The maximum atomic E-state index is 13.3. The van der Waals surface area contributed by atoms with Gasteiger partial charge in [-0.2, -0.15) is 0 Å². The van der Waals surface area contributed by atoms with Crippen molar-refractivity contribution in [1.82, 2.24) is 14.8 Å². The molecule has 5 nitrogen and oxygen atoms in total. The predicted octanol–water partition coefficient (Wildman–Crippen LogP) is 5.96. The van der Waals surface area contributed by atoms with Gasteiger partial charge in [-0.25, -0.2) is 0 Å². The molecule has 1 aromatic heterocycles. The second kappa shape index (κ2) is 9.57. The van der Waals surface area contributed by atoms with Crippen molar-refractivity contribution in [3.63, 3.8) is 0 Å². The Morgan fingerprint density at radius 3 is 2.36 bits per heavy atom. The average molecular weight is 474 g/mol. The first-order valence-corrected chi connectivity index (χ1v) is 12.1. The van der Waals surface area contributed by atoms with E-state index >= 15 is 0 Å². The summed E-state index contributed by atoms with van der Waals surface area (Å²) in [6.45, 7) is 0.189. The van der Waals surface area contributed by atoms with E-state index in [4.69, 9.17) is 16.3 Å². The van der Waals surface area contributed by atoms with Crippen LogP contribution in [-0.4, -0.2) is 19.0 Å². The molecule has 0 spiro atoms. The van der Waals surface area contributed by atoms with Crippen LogP contribution in [-0.2, 0) is 23.2 Å². The molecule has 33 heavy (non-hydrogen) atoms. The number of hydrogen-bond donors (Lipinski definition) is 0. The van der Waals surface area contributed by atoms with Crippen molar-refractivity contribution in [1.29, 1.82) is 0 Å². The SMILES string of the molecule is O=[S@@](Cc1ccc(Cl)cc1)c1nnc(COc2cccc3ccccc23)n1-c1ccccc1. The Kier molecular flexibility index (Phi) is 6.19. The van der Waals surface area contributed by atoms with Crippen LogP contribution in [0, 0.1) is 0 Å². The smallest absolute Gasteiger partial charge is 0.226 e. The first kappa shape index (κ1) is 21.4. The number of rotatable bonds is 7. The zero-order valence-electron chi connectivity index (χ0n) is 17.6. The van der Waals surface area contributed by atoms with Crippen LogP contribution in [0.4, 0.5) is 0 Å². The summed E-state index contributed by atoms with van der Waals surface area (Å²) >= 11 is 5.98. The number of para-hydroxylation sites is 1. The van der Waals surface area contributed by atoms with Gasteiger partial charge in [0.15, 0.2) is 5.82 Å². The Hall–Kier alpha value is -3.48. The van der Waals surface area contributed by atoms with Crippen LogP contribution in [0.15, 0.2) is 102 Å². The topological polar surface area (TPSA) is 57.0 Å². The second-order valence-corrected chi connectivity index (χ2v) is 9.23. The van der Waals surface area contributed by atoms with Gasteiger partial charge in [0, 0.05) is 16.1 Å². The third-order valence-corrected chi connectivity index (χ3v) is 6.75. The third kappa shape index (κ3) is 4.67. The summed E-state index contributed by atoms with van der Waals surface area (Å²) in [4.78, 5) is 0. The minimum Gasteiger partial charge on any atom is -0.485 e.